The van der Waals surface area contributed by atoms with Crippen molar-refractivity contribution in [3.05, 3.63) is 36.0 Å². The molecule has 3 heteroatoms. The largest absolute Gasteiger partial charge is 0.469 e. The van der Waals surface area contributed by atoms with Crippen molar-refractivity contribution in [2.45, 2.75) is 34.1 Å². The molecule has 0 aliphatic carbocycles. The molecule has 0 fully saturated rings. The lowest BCUT2D eigenvalue weighted by atomic mass is 10.0. The van der Waals surface area contributed by atoms with Crippen molar-refractivity contribution in [3.63, 3.8) is 0 Å². The van der Waals surface area contributed by atoms with Crippen molar-refractivity contribution >= 4 is 16.9 Å². The lowest BCUT2D eigenvalue weighted by Gasteiger charge is -2.07. The fraction of sp³-hybridized carbons (Fsp3) is 0.471. The number of methoxy groups -OCH3 is 1. The number of carbonyl (C=O) groups is 1. The summed E-state index contributed by atoms with van der Waals surface area (Å²) in [6.45, 7) is 8.38. The molecule has 0 saturated heterocycles. The predicted octanol–water partition coefficient (Wildman–Crippen LogP) is 4.18. The molecule has 3 nitrogen and oxygen atoms in total. The molecule has 0 aliphatic heterocycles. The van der Waals surface area contributed by atoms with E-state index in [1.807, 2.05) is 31.3 Å². The second kappa shape index (κ2) is 7.73. The van der Waals surface area contributed by atoms with E-state index in [2.05, 4.69) is 31.8 Å². The zero-order valence-corrected chi connectivity index (χ0v) is 13.1. The summed E-state index contributed by atoms with van der Waals surface area (Å²) in [5.74, 6) is 0.564. The van der Waals surface area contributed by atoms with E-state index in [-0.39, 0.29) is 11.9 Å². The van der Waals surface area contributed by atoms with Gasteiger partial charge in [-0.25, -0.2) is 0 Å². The highest BCUT2D eigenvalue weighted by molar-refractivity contribution is 5.83. The van der Waals surface area contributed by atoms with Crippen molar-refractivity contribution < 1.29 is 9.53 Å². The number of hydrogen-bond acceptors (Lipinski definition) is 2. The molecule has 1 aromatic carbocycles. The predicted molar refractivity (Wildman–Crippen MR) is 83.7 cm³/mol. The molecule has 0 amide bonds. The van der Waals surface area contributed by atoms with Crippen LogP contribution in [0.15, 0.2) is 30.5 Å². The van der Waals surface area contributed by atoms with Crippen LogP contribution in [0.3, 0.4) is 0 Å². The minimum absolute atomic E-state index is 0.107. The molecule has 0 unspecified atom stereocenters. The van der Waals surface area contributed by atoms with Gasteiger partial charge in [-0.05, 0) is 24.0 Å². The molecule has 0 spiro atoms. The molecule has 1 heterocycles. The first kappa shape index (κ1) is 16.3. The Labute approximate surface area is 121 Å². The maximum Gasteiger partial charge on any atom is 0.308 e. The lowest BCUT2D eigenvalue weighted by molar-refractivity contribution is -0.144. The van der Waals surface area contributed by atoms with E-state index < -0.39 is 0 Å². The van der Waals surface area contributed by atoms with Crippen molar-refractivity contribution in [2.75, 3.05) is 7.11 Å². The Morgan fingerprint density at radius 2 is 1.80 bits per heavy atom. The topological polar surface area (TPSA) is 42.1 Å². The summed E-state index contributed by atoms with van der Waals surface area (Å²) in [4.78, 5) is 14.5. The van der Waals surface area contributed by atoms with E-state index >= 15 is 0 Å². The Bertz CT molecular complexity index is 540. The van der Waals surface area contributed by atoms with Crippen LogP contribution in [0.5, 0.6) is 0 Å². The average molecular weight is 275 g/mol. The van der Waals surface area contributed by atoms with Gasteiger partial charge in [0.25, 0.3) is 0 Å². The molecule has 2 rings (SSSR count). The number of hydrogen-bond donors (Lipinski definition) is 1. The minimum Gasteiger partial charge on any atom is -0.469 e. The van der Waals surface area contributed by atoms with Crippen molar-refractivity contribution in [1.82, 2.24) is 4.98 Å². The average Bonchev–Trinajstić information content (AvgIpc) is 2.80. The van der Waals surface area contributed by atoms with Crippen LogP contribution < -0.4 is 0 Å². The fourth-order valence-corrected chi connectivity index (χ4v) is 1.91. The van der Waals surface area contributed by atoms with Gasteiger partial charge in [-0.3, -0.25) is 4.79 Å². The van der Waals surface area contributed by atoms with Crippen molar-refractivity contribution in [1.29, 1.82) is 0 Å². The molecule has 110 valence electrons. The van der Waals surface area contributed by atoms with Gasteiger partial charge in [0.15, 0.2) is 0 Å². The van der Waals surface area contributed by atoms with Gasteiger partial charge in [0, 0.05) is 17.1 Å². The van der Waals surface area contributed by atoms with Gasteiger partial charge in [-0.2, -0.15) is 0 Å². The third kappa shape index (κ3) is 4.72. The summed E-state index contributed by atoms with van der Waals surface area (Å²) in [5.41, 5.74) is 2.27. The normalized spacial score (nSPS) is 11.9. The third-order valence-electron chi connectivity index (χ3n) is 2.80. The first-order valence-electron chi connectivity index (χ1n) is 7.08. The van der Waals surface area contributed by atoms with Crippen LogP contribution in [-0.2, 0) is 16.0 Å². The van der Waals surface area contributed by atoms with Gasteiger partial charge in [-0.15, -0.1) is 0 Å². The maximum absolute atomic E-state index is 11.3. The number of nitrogens with one attached hydrogen (secondary N) is 1. The molecule has 0 radical (unpaired) electrons. The van der Waals surface area contributed by atoms with Crippen LogP contribution in [0.2, 0.25) is 0 Å². The Balaban J connectivity index is 0.000000444. The highest BCUT2D eigenvalue weighted by atomic mass is 16.5. The van der Waals surface area contributed by atoms with Gasteiger partial charge in [0.2, 0.25) is 0 Å². The van der Waals surface area contributed by atoms with Crippen LogP contribution in [0.4, 0.5) is 0 Å². The van der Waals surface area contributed by atoms with Crippen LogP contribution in [0.1, 0.15) is 33.3 Å². The molecule has 0 saturated carbocycles. The fourth-order valence-electron chi connectivity index (χ4n) is 1.91. The van der Waals surface area contributed by atoms with E-state index in [1.165, 1.54) is 12.5 Å². The van der Waals surface area contributed by atoms with Crippen molar-refractivity contribution in [2.24, 2.45) is 11.8 Å². The smallest absolute Gasteiger partial charge is 0.308 e. The van der Waals surface area contributed by atoms with Gasteiger partial charge >= 0.3 is 5.97 Å². The number of ether oxygens (including phenoxy) is 1. The number of para-hydroxylation sites is 1. The quantitative estimate of drug-likeness (QED) is 0.854. The third-order valence-corrected chi connectivity index (χ3v) is 2.80. The SMILES string of the molecule is CC(C)C.COC(=O)[C@H](C)Cc1c[nH]c2ccccc12. The van der Waals surface area contributed by atoms with E-state index in [9.17, 15) is 4.79 Å². The number of aromatic nitrogens is 1. The van der Waals surface area contributed by atoms with E-state index in [4.69, 9.17) is 4.74 Å². The maximum atomic E-state index is 11.3. The second-order valence-electron chi connectivity index (χ2n) is 5.72. The number of fused-ring (bicyclic) bond motifs is 1. The molecular formula is C17H25NO2. The number of esters is 1. The molecular weight excluding hydrogens is 250 g/mol. The van der Waals surface area contributed by atoms with Gasteiger partial charge in [0.05, 0.1) is 13.0 Å². The number of benzene rings is 1. The Kier molecular flexibility index (Phi) is 6.29. The number of rotatable bonds is 3. The number of aromatic amines is 1. The zero-order valence-electron chi connectivity index (χ0n) is 13.1. The molecule has 2 aromatic rings. The monoisotopic (exact) mass is 275 g/mol. The summed E-state index contributed by atoms with van der Waals surface area (Å²) >= 11 is 0. The zero-order chi connectivity index (χ0) is 15.1. The van der Waals surface area contributed by atoms with Crippen LogP contribution in [0.25, 0.3) is 10.9 Å². The van der Waals surface area contributed by atoms with Gasteiger partial charge in [0.1, 0.15) is 0 Å². The molecule has 0 aliphatic rings. The van der Waals surface area contributed by atoms with E-state index in [0.717, 1.165) is 17.0 Å². The van der Waals surface area contributed by atoms with E-state index in [1.54, 1.807) is 0 Å². The summed E-state index contributed by atoms with van der Waals surface area (Å²) < 4.78 is 4.72. The van der Waals surface area contributed by atoms with Crippen LogP contribution >= 0.6 is 0 Å². The number of carbonyl (C=O) groups excluding carboxylic acids is 1. The Morgan fingerprint density at radius 3 is 2.40 bits per heavy atom. The Morgan fingerprint density at radius 1 is 1.20 bits per heavy atom. The second-order valence-corrected chi connectivity index (χ2v) is 5.72. The molecule has 1 atom stereocenters. The first-order chi connectivity index (χ1) is 9.45. The lowest BCUT2D eigenvalue weighted by Crippen LogP contribution is -2.14. The summed E-state index contributed by atoms with van der Waals surface area (Å²) in [5, 5.41) is 1.18. The summed E-state index contributed by atoms with van der Waals surface area (Å²) in [6.07, 6.45) is 2.67. The Hall–Kier alpha value is -1.77. The van der Waals surface area contributed by atoms with E-state index in [0.29, 0.717) is 6.42 Å². The standard InChI is InChI=1S/C13H15NO2.C4H10/c1-9(13(15)16-2)7-10-8-14-12-6-4-3-5-11(10)12;1-4(2)3/h3-6,8-9,14H,7H2,1-2H3;4H,1-3H3/t9-;/m1./s1. The molecule has 1 aromatic heterocycles. The van der Waals surface area contributed by atoms with Crippen LogP contribution in [-0.4, -0.2) is 18.1 Å². The van der Waals surface area contributed by atoms with Gasteiger partial charge < -0.3 is 9.72 Å². The van der Waals surface area contributed by atoms with Crippen LogP contribution in [0, 0.1) is 11.8 Å². The first-order valence-corrected chi connectivity index (χ1v) is 7.08. The minimum atomic E-state index is -0.162. The number of H-pyrrole nitrogens is 1. The molecule has 1 N–H and O–H groups in total. The highest BCUT2D eigenvalue weighted by Crippen LogP contribution is 2.20. The molecule has 20 heavy (non-hydrogen) atoms. The summed E-state index contributed by atoms with van der Waals surface area (Å²) in [7, 11) is 1.42. The van der Waals surface area contributed by atoms with Crippen molar-refractivity contribution in [3.8, 4) is 0 Å². The highest BCUT2D eigenvalue weighted by Gasteiger charge is 2.15. The van der Waals surface area contributed by atoms with Gasteiger partial charge in [-0.1, -0.05) is 45.9 Å². The molecule has 0 bridgehead atoms. The summed E-state index contributed by atoms with van der Waals surface area (Å²) in [6, 6.07) is 8.08.